The lowest BCUT2D eigenvalue weighted by molar-refractivity contribution is -0.167. The molecule has 0 aliphatic rings. The second-order valence-corrected chi connectivity index (χ2v) is 21.3. The van der Waals surface area contributed by atoms with E-state index in [1.54, 1.807) is 0 Å². The van der Waals surface area contributed by atoms with E-state index in [0.717, 1.165) is 83.5 Å². The summed E-state index contributed by atoms with van der Waals surface area (Å²) in [6, 6.07) is 0. The Bertz CT molecular complexity index is 1240. The number of carbonyl (C=O) groups is 3. The van der Waals surface area contributed by atoms with Crippen LogP contribution in [0.2, 0.25) is 0 Å². The molecule has 0 bridgehead atoms. The van der Waals surface area contributed by atoms with Gasteiger partial charge >= 0.3 is 17.9 Å². The monoisotopic (exact) mass is 1020 g/mol. The third kappa shape index (κ3) is 59.9. The lowest BCUT2D eigenvalue weighted by Gasteiger charge is -2.18. The van der Waals surface area contributed by atoms with Crippen molar-refractivity contribution in [3.05, 3.63) is 60.8 Å². The molecule has 6 heteroatoms. The molecule has 0 amide bonds. The van der Waals surface area contributed by atoms with Gasteiger partial charge in [-0.3, -0.25) is 14.4 Å². The molecule has 0 rings (SSSR count). The summed E-state index contributed by atoms with van der Waals surface area (Å²) in [4.78, 5) is 38.3. The van der Waals surface area contributed by atoms with E-state index in [0.29, 0.717) is 19.3 Å². The summed E-state index contributed by atoms with van der Waals surface area (Å²) in [7, 11) is 0. The molecule has 0 aromatic heterocycles. The number of ether oxygens (including phenoxy) is 3. The Morgan fingerprint density at radius 2 is 0.493 bits per heavy atom. The molecule has 0 aromatic carbocycles. The summed E-state index contributed by atoms with van der Waals surface area (Å²) >= 11 is 0. The highest BCUT2D eigenvalue weighted by Crippen LogP contribution is 2.16. The van der Waals surface area contributed by atoms with Crippen LogP contribution < -0.4 is 0 Å². The molecule has 0 aliphatic heterocycles. The van der Waals surface area contributed by atoms with Crippen LogP contribution >= 0.6 is 0 Å². The number of carbonyl (C=O) groups excluding carboxylic acids is 3. The van der Waals surface area contributed by atoms with Gasteiger partial charge in [-0.2, -0.15) is 0 Å². The van der Waals surface area contributed by atoms with E-state index in [1.807, 2.05) is 0 Å². The minimum Gasteiger partial charge on any atom is -0.462 e. The summed E-state index contributed by atoms with van der Waals surface area (Å²) in [6.07, 6.45) is 77.8. The topological polar surface area (TPSA) is 78.9 Å². The number of unbranched alkanes of at least 4 members (excludes halogenated alkanes) is 37. The highest BCUT2D eigenvalue weighted by atomic mass is 16.6. The minimum atomic E-state index is -0.782. The van der Waals surface area contributed by atoms with Crippen LogP contribution in [0.25, 0.3) is 0 Å². The van der Waals surface area contributed by atoms with Crippen LogP contribution in [0.3, 0.4) is 0 Å². The van der Waals surface area contributed by atoms with Gasteiger partial charge in [-0.05, 0) is 109 Å². The molecule has 0 saturated heterocycles. The highest BCUT2D eigenvalue weighted by molar-refractivity contribution is 5.71. The van der Waals surface area contributed by atoms with Gasteiger partial charge in [0.15, 0.2) is 6.10 Å². The van der Waals surface area contributed by atoms with Crippen molar-refractivity contribution in [3.8, 4) is 0 Å². The SMILES string of the molecule is CCCCC/C=C\C/C=C\CCCCCCCCCC(=O)OCC(COC(=O)CCCCCCCCC/C=C\C/C=C\CCCCC)OC(=O)CCCCCCCCCCCCC/C=C\CCCCCCCC. The second-order valence-electron chi connectivity index (χ2n) is 21.3. The molecule has 424 valence electrons. The molecular weight excluding hydrogens is 901 g/mol. The zero-order chi connectivity index (χ0) is 52.9. The van der Waals surface area contributed by atoms with E-state index >= 15 is 0 Å². The van der Waals surface area contributed by atoms with Crippen LogP contribution in [0.15, 0.2) is 60.8 Å². The van der Waals surface area contributed by atoms with Gasteiger partial charge in [0, 0.05) is 19.3 Å². The fourth-order valence-electron chi connectivity index (χ4n) is 9.15. The summed E-state index contributed by atoms with van der Waals surface area (Å²) in [5, 5.41) is 0. The number of hydrogen-bond donors (Lipinski definition) is 0. The van der Waals surface area contributed by atoms with Crippen molar-refractivity contribution < 1.29 is 28.6 Å². The molecule has 0 spiro atoms. The Kier molecular flexibility index (Phi) is 59.2. The Morgan fingerprint density at radius 1 is 0.274 bits per heavy atom. The standard InChI is InChI=1S/C67H120O6/c1-4-7-10-13-16-19-22-25-28-31-32-33-34-37-40-43-46-49-52-55-58-61-67(70)73-64(62-71-65(68)59-56-53-50-47-44-41-38-35-29-26-23-20-17-14-11-8-5-2)63-72-66(69)60-57-54-51-48-45-42-39-36-30-27-24-21-18-15-12-9-6-3/h17-18,20-21,25-30,64H,4-16,19,22-24,31-63H2,1-3H3/b20-17-,21-18-,28-25-,29-26-,30-27-. The van der Waals surface area contributed by atoms with E-state index in [4.69, 9.17) is 14.2 Å². The fourth-order valence-corrected chi connectivity index (χ4v) is 9.15. The molecule has 0 fully saturated rings. The highest BCUT2D eigenvalue weighted by Gasteiger charge is 2.19. The molecule has 0 aromatic rings. The van der Waals surface area contributed by atoms with Gasteiger partial charge in [-0.1, -0.05) is 261 Å². The first-order valence-electron chi connectivity index (χ1n) is 31.8. The van der Waals surface area contributed by atoms with E-state index < -0.39 is 6.10 Å². The van der Waals surface area contributed by atoms with Crippen molar-refractivity contribution in [2.45, 2.75) is 335 Å². The Labute approximate surface area is 453 Å². The summed E-state index contributed by atoms with van der Waals surface area (Å²) in [5.74, 6) is -0.878. The first-order valence-corrected chi connectivity index (χ1v) is 31.8. The first kappa shape index (κ1) is 70.1. The zero-order valence-electron chi connectivity index (χ0n) is 48.7. The number of allylic oxidation sites excluding steroid dienone is 10. The smallest absolute Gasteiger partial charge is 0.306 e. The Hall–Kier alpha value is -2.89. The van der Waals surface area contributed by atoms with Crippen molar-refractivity contribution in [3.63, 3.8) is 0 Å². The number of esters is 3. The van der Waals surface area contributed by atoms with Crippen molar-refractivity contribution in [2.24, 2.45) is 0 Å². The first-order chi connectivity index (χ1) is 36.0. The molecule has 73 heavy (non-hydrogen) atoms. The van der Waals surface area contributed by atoms with Crippen molar-refractivity contribution in [1.29, 1.82) is 0 Å². The van der Waals surface area contributed by atoms with Crippen LogP contribution in [0.4, 0.5) is 0 Å². The van der Waals surface area contributed by atoms with Crippen LogP contribution in [-0.2, 0) is 28.6 Å². The average molecular weight is 1020 g/mol. The van der Waals surface area contributed by atoms with Crippen molar-refractivity contribution in [2.75, 3.05) is 13.2 Å². The zero-order valence-corrected chi connectivity index (χ0v) is 48.7. The van der Waals surface area contributed by atoms with Gasteiger partial charge in [0.1, 0.15) is 13.2 Å². The predicted octanol–water partition coefficient (Wildman–Crippen LogP) is 21.6. The minimum absolute atomic E-state index is 0.0795. The van der Waals surface area contributed by atoms with E-state index in [2.05, 4.69) is 81.5 Å². The third-order valence-electron chi connectivity index (χ3n) is 14.0. The molecular formula is C67H120O6. The predicted molar refractivity (Wildman–Crippen MR) is 316 cm³/mol. The largest absolute Gasteiger partial charge is 0.462 e. The van der Waals surface area contributed by atoms with Crippen LogP contribution in [0, 0.1) is 0 Å². The lowest BCUT2D eigenvalue weighted by atomic mass is 10.0. The Morgan fingerprint density at radius 3 is 0.795 bits per heavy atom. The molecule has 0 radical (unpaired) electrons. The Balaban J connectivity index is 4.37. The maximum absolute atomic E-state index is 12.9. The van der Waals surface area contributed by atoms with Gasteiger partial charge in [-0.15, -0.1) is 0 Å². The maximum atomic E-state index is 12.9. The molecule has 0 aliphatic carbocycles. The molecule has 0 atom stereocenters. The van der Waals surface area contributed by atoms with E-state index in [-0.39, 0.29) is 31.1 Å². The molecule has 0 heterocycles. The maximum Gasteiger partial charge on any atom is 0.306 e. The molecule has 0 N–H and O–H groups in total. The van der Waals surface area contributed by atoms with Gasteiger partial charge in [0.05, 0.1) is 0 Å². The lowest BCUT2D eigenvalue weighted by Crippen LogP contribution is -2.30. The normalized spacial score (nSPS) is 12.1. The summed E-state index contributed by atoms with van der Waals surface area (Å²) in [6.45, 7) is 6.61. The van der Waals surface area contributed by atoms with Crippen LogP contribution in [0.1, 0.15) is 329 Å². The van der Waals surface area contributed by atoms with Crippen LogP contribution in [0.5, 0.6) is 0 Å². The van der Waals surface area contributed by atoms with Gasteiger partial charge in [-0.25, -0.2) is 0 Å². The third-order valence-corrected chi connectivity index (χ3v) is 14.0. The van der Waals surface area contributed by atoms with E-state index in [1.165, 1.54) is 205 Å². The van der Waals surface area contributed by atoms with Crippen molar-refractivity contribution in [1.82, 2.24) is 0 Å². The van der Waals surface area contributed by atoms with Crippen molar-refractivity contribution >= 4 is 17.9 Å². The van der Waals surface area contributed by atoms with E-state index in [9.17, 15) is 14.4 Å². The second kappa shape index (κ2) is 61.7. The summed E-state index contributed by atoms with van der Waals surface area (Å²) in [5.41, 5.74) is 0. The average Bonchev–Trinajstić information content (AvgIpc) is 3.39. The van der Waals surface area contributed by atoms with Crippen LogP contribution in [-0.4, -0.2) is 37.2 Å². The number of hydrogen-bond acceptors (Lipinski definition) is 6. The fraction of sp³-hybridized carbons (Fsp3) is 0.806. The quantitative estimate of drug-likeness (QED) is 0.0261. The van der Waals surface area contributed by atoms with Gasteiger partial charge in [0.2, 0.25) is 0 Å². The van der Waals surface area contributed by atoms with Gasteiger partial charge in [0.25, 0.3) is 0 Å². The molecule has 0 saturated carbocycles. The van der Waals surface area contributed by atoms with Gasteiger partial charge < -0.3 is 14.2 Å². The summed E-state index contributed by atoms with van der Waals surface area (Å²) < 4.78 is 16.9. The molecule has 0 unspecified atom stereocenters. The molecule has 6 nitrogen and oxygen atoms in total. The number of rotatable bonds is 58.